The van der Waals surface area contributed by atoms with Crippen LogP contribution in [0, 0.1) is 5.82 Å². The van der Waals surface area contributed by atoms with Gasteiger partial charge in [-0.05, 0) is 36.4 Å². The Balaban J connectivity index is 1.72. The molecule has 0 N–H and O–H groups in total. The fourth-order valence-electron chi connectivity index (χ4n) is 3.25. The van der Waals surface area contributed by atoms with E-state index in [0.717, 1.165) is 20.7 Å². The standard InChI is InChI=1S/C20H25FN4O5S2/c1-22(2)32(29,30)25(18-10-8-17(21)9-11-18)16-20(26)23-12-14-24(15-13-23)31(27,28)19-6-4-3-5-7-19/h3-11H,12-16H2,1-2H3. The number of benzene rings is 2. The Labute approximate surface area is 187 Å². The minimum absolute atomic E-state index is 0.0972. The third-order valence-corrected chi connectivity index (χ3v) is 8.84. The highest BCUT2D eigenvalue weighted by Gasteiger charge is 2.33. The first kappa shape index (κ1) is 24.1. The van der Waals surface area contributed by atoms with Gasteiger partial charge >= 0.3 is 10.2 Å². The zero-order valence-corrected chi connectivity index (χ0v) is 19.4. The van der Waals surface area contributed by atoms with Crippen molar-refractivity contribution in [3.8, 4) is 0 Å². The molecule has 0 saturated carbocycles. The van der Waals surface area contributed by atoms with E-state index in [4.69, 9.17) is 0 Å². The van der Waals surface area contributed by atoms with Gasteiger partial charge < -0.3 is 4.90 Å². The lowest BCUT2D eigenvalue weighted by atomic mass is 10.3. The van der Waals surface area contributed by atoms with Gasteiger partial charge in [0.2, 0.25) is 15.9 Å². The zero-order valence-electron chi connectivity index (χ0n) is 17.8. The molecule has 2 aromatic rings. The Bertz CT molecular complexity index is 1150. The lowest BCUT2D eigenvalue weighted by Gasteiger charge is -2.35. The number of carbonyl (C=O) groups is 1. The summed E-state index contributed by atoms with van der Waals surface area (Å²) in [6.07, 6.45) is 0. The first-order valence-electron chi connectivity index (χ1n) is 9.82. The van der Waals surface area contributed by atoms with Crippen LogP contribution < -0.4 is 4.31 Å². The van der Waals surface area contributed by atoms with Gasteiger partial charge in [-0.1, -0.05) is 18.2 Å². The highest BCUT2D eigenvalue weighted by atomic mass is 32.2. The van der Waals surface area contributed by atoms with Gasteiger partial charge in [0.1, 0.15) is 12.4 Å². The number of amides is 1. The number of sulfonamides is 1. The minimum atomic E-state index is -4.02. The molecule has 1 fully saturated rings. The van der Waals surface area contributed by atoms with Crippen molar-refractivity contribution in [2.75, 3.05) is 51.1 Å². The normalized spacial score (nSPS) is 15.7. The first-order chi connectivity index (χ1) is 15.0. The number of halogens is 1. The fourth-order valence-corrected chi connectivity index (χ4v) is 5.75. The van der Waals surface area contributed by atoms with Crippen LogP contribution in [0.5, 0.6) is 0 Å². The van der Waals surface area contributed by atoms with E-state index in [1.54, 1.807) is 18.2 Å². The highest BCUT2D eigenvalue weighted by molar-refractivity contribution is 7.90. The van der Waals surface area contributed by atoms with Crippen LogP contribution in [0.15, 0.2) is 59.5 Å². The monoisotopic (exact) mass is 484 g/mol. The predicted octanol–water partition coefficient (Wildman–Crippen LogP) is 0.972. The molecule has 32 heavy (non-hydrogen) atoms. The van der Waals surface area contributed by atoms with Gasteiger partial charge in [0.05, 0.1) is 10.6 Å². The zero-order chi connectivity index (χ0) is 23.5. The van der Waals surface area contributed by atoms with Gasteiger partial charge in [-0.3, -0.25) is 4.79 Å². The van der Waals surface area contributed by atoms with E-state index >= 15 is 0 Å². The molecule has 1 saturated heterocycles. The summed E-state index contributed by atoms with van der Waals surface area (Å²) in [5, 5.41) is 0. The van der Waals surface area contributed by atoms with E-state index in [1.165, 1.54) is 47.6 Å². The number of carbonyl (C=O) groups excluding carboxylic acids is 1. The van der Waals surface area contributed by atoms with Crippen molar-refractivity contribution in [2.45, 2.75) is 4.90 Å². The fraction of sp³-hybridized carbons (Fsp3) is 0.350. The van der Waals surface area contributed by atoms with Crippen LogP contribution in [0.4, 0.5) is 10.1 Å². The molecule has 0 aliphatic carbocycles. The average Bonchev–Trinajstić information content (AvgIpc) is 2.78. The molecule has 1 amide bonds. The SMILES string of the molecule is CN(C)S(=O)(=O)N(CC(=O)N1CCN(S(=O)(=O)c2ccccc2)CC1)c1ccc(F)cc1. The molecule has 174 valence electrons. The molecule has 0 aromatic heterocycles. The number of rotatable bonds is 7. The summed E-state index contributed by atoms with van der Waals surface area (Å²) >= 11 is 0. The Hall–Kier alpha value is -2.54. The van der Waals surface area contributed by atoms with Gasteiger partial charge in [-0.15, -0.1) is 0 Å². The molecule has 1 aliphatic heterocycles. The molecule has 0 atom stereocenters. The van der Waals surface area contributed by atoms with Crippen molar-refractivity contribution < 1.29 is 26.0 Å². The molecule has 1 heterocycles. The van der Waals surface area contributed by atoms with E-state index in [9.17, 15) is 26.0 Å². The molecule has 2 aromatic carbocycles. The molecule has 0 bridgehead atoms. The van der Waals surface area contributed by atoms with Crippen molar-refractivity contribution in [3.63, 3.8) is 0 Å². The van der Waals surface area contributed by atoms with E-state index in [1.807, 2.05) is 0 Å². The van der Waals surface area contributed by atoms with Gasteiger partial charge in [0.25, 0.3) is 0 Å². The van der Waals surface area contributed by atoms with Crippen LogP contribution in [0.3, 0.4) is 0 Å². The average molecular weight is 485 g/mol. The lowest BCUT2D eigenvalue weighted by Crippen LogP contribution is -2.53. The lowest BCUT2D eigenvalue weighted by molar-refractivity contribution is -0.130. The van der Waals surface area contributed by atoms with Crippen molar-refractivity contribution in [1.82, 2.24) is 13.5 Å². The Morgan fingerprint density at radius 1 is 0.906 bits per heavy atom. The molecular weight excluding hydrogens is 459 g/mol. The number of piperazine rings is 1. The molecule has 0 spiro atoms. The molecular formula is C20H25FN4O5S2. The first-order valence-corrected chi connectivity index (χ1v) is 12.7. The summed E-state index contributed by atoms with van der Waals surface area (Å²) in [4.78, 5) is 14.5. The van der Waals surface area contributed by atoms with Gasteiger partial charge in [-0.2, -0.15) is 17.0 Å². The number of hydrogen-bond donors (Lipinski definition) is 0. The van der Waals surface area contributed by atoms with Crippen molar-refractivity contribution in [3.05, 3.63) is 60.4 Å². The molecule has 0 unspecified atom stereocenters. The number of hydrogen-bond acceptors (Lipinski definition) is 5. The highest BCUT2D eigenvalue weighted by Crippen LogP contribution is 2.21. The summed E-state index contributed by atoms with van der Waals surface area (Å²) in [6.45, 7) is -0.0359. The number of anilines is 1. The second-order valence-corrected chi connectivity index (χ2v) is 11.4. The van der Waals surface area contributed by atoms with Gasteiger partial charge in [0.15, 0.2) is 0 Å². The van der Waals surface area contributed by atoms with Crippen LogP contribution in [-0.2, 0) is 25.0 Å². The summed E-state index contributed by atoms with van der Waals surface area (Å²) in [7, 11) is -5.01. The number of nitrogens with zero attached hydrogens (tertiary/aromatic N) is 4. The summed E-state index contributed by atoms with van der Waals surface area (Å²) in [5.41, 5.74) is 0.152. The van der Waals surface area contributed by atoms with E-state index in [0.29, 0.717) is 0 Å². The molecule has 0 radical (unpaired) electrons. The Morgan fingerprint density at radius 2 is 1.47 bits per heavy atom. The largest absolute Gasteiger partial charge is 0.338 e. The molecule has 3 rings (SSSR count). The second-order valence-electron chi connectivity index (χ2n) is 7.37. The van der Waals surface area contributed by atoms with Gasteiger partial charge in [-0.25, -0.2) is 17.1 Å². The second kappa shape index (κ2) is 9.53. The predicted molar refractivity (Wildman–Crippen MR) is 118 cm³/mol. The third-order valence-electron chi connectivity index (χ3n) is 5.11. The maximum atomic E-state index is 13.3. The van der Waals surface area contributed by atoms with Crippen LogP contribution in [0.1, 0.15) is 0 Å². The summed E-state index contributed by atoms with van der Waals surface area (Å²) in [6, 6.07) is 12.8. The van der Waals surface area contributed by atoms with Crippen molar-refractivity contribution in [2.24, 2.45) is 0 Å². The third kappa shape index (κ3) is 5.09. The minimum Gasteiger partial charge on any atom is -0.338 e. The maximum absolute atomic E-state index is 13.3. The van der Waals surface area contributed by atoms with E-state index in [-0.39, 0.29) is 36.8 Å². The van der Waals surface area contributed by atoms with Gasteiger partial charge in [0, 0.05) is 40.3 Å². The van der Waals surface area contributed by atoms with Crippen molar-refractivity contribution in [1.29, 1.82) is 0 Å². The summed E-state index contributed by atoms with van der Waals surface area (Å²) in [5.74, 6) is -1.01. The van der Waals surface area contributed by atoms with Crippen LogP contribution >= 0.6 is 0 Å². The molecule has 9 nitrogen and oxygen atoms in total. The Kier molecular flexibility index (Phi) is 7.18. The van der Waals surface area contributed by atoms with Crippen LogP contribution in [0.2, 0.25) is 0 Å². The quantitative estimate of drug-likeness (QED) is 0.583. The topological polar surface area (TPSA) is 98.3 Å². The Morgan fingerprint density at radius 3 is 2.00 bits per heavy atom. The van der Waals surface area contributed by atoms with E-state index in [2.05, 4.69) is 0 Å². The van der Waals surface area contributed by atoms with E-state index < -0.39 is 38.5 Å². The molecule has 1 aliphatic rings. The molecule has 12 heteroatoms. The van der Waals surface area contributed by atoms with Crippen LogP contribution in [-0.4, -0.2) is 83.1 Å². The van der Waals surface area contributed by atoms with Crippen molar-refractivity contribution >= 4 is 31.8 Å². The van der Waals surface area contributed by atoms with Crippen LogP contribution in [0.25, 0.3) is 0 Å². The smallest absolute Gasteiger partial charge is 0.304 e. The summed E-state index contributed by atoms with van der Waals surface area (Å²) < 4.78 is 67.6. The maximum Gasteiger partial charge on any atom is 0.304 e.